The molecule has 0 saturated carbocycles. The molecule has 4 N–H and O–H groups in total. The molecule has 0 aliphatic heterocycles. The molecule has 4 rings (SSSR count). The highest BCUT2D eigenvalue weighted by molar-refractivity contribution is 7.92. The van der Waals surface area contributed by atoms with Crippen LogP contribution in [-0.4, -0.2) is 41.2 Å². The smallest absolute Gasteiger partial charge is 0.334 e. The number of hydrogen-bond donors (Lipinski definition) is 4. The number of thiophene rings is 1. The van der Waals surface area contributed by atoms with Gasteiger partial charge in [-0.25, -0.2) is 27.3 Å². The van der Waals surface area contributed by atoms with E-state index in [1.165, 1.54) is 24.3 Å². The van der Waals surface area contributed by atoms with Crippen molar-refractivity contribution in [2.24, 2.45) is 0 Å². The van der Waals surface area contributed by atoms with Crippen molar-refractivity contribution in [3.63, 3.8) is 0 Å². The van der Waals surface area contributed by atoms with Gasteiger partial charge >= 0.3 is 11.7 Å². The molecule has 0 saturated heterocycles. The summed E-state index contributed by atoms with van der Waals surface area (Å²) in [6.07, 6.45) is 0. The molecule has 0 aliphatic carbocycles. The maximum Gasteiger partial charge on any atom is 0.334 e. The van der Waals surface area contributed by atoms with Gasteiger partial charge in [0.05, 0.1) is 15.2 Å². The summed E-state index contributed by atoms with van der Waals surface area (Å²) in [6, 6.07) is 8.97. The van der Waals surface area contributed by atoms with Gasteiger partial charge in [-0.3, -0.25) is 10.1 Å². The number of carbonyl (C=O) groups is 1. The number of amides is 2. The van der Waals surface area contributed by atoms with Crippen LogP contribution in [0.2, 0.25) is 4.34 Å². The largest absolute Gasteiger partial charge is 0.388 e. The Hall–Kier alpha value is -3.75. The maximum absolute atomic E-state index is 12.8. The van der Waals surface area contributed by atoms with Gasteiger partial charge < -0.3 is 10.3 Å². The van der Waals surface area contributed by atoms with Gasteiger partial charge in [-0.05, 0) is 42.5 Å². The Bertz CT molecular complexity index is 1590. The van der Waals surface area contributed by atoms with E-state index >= 15 is 0 Å². The summed E-state index contributed by atoms with van der Waals surface area (Å²) in [4.78, 5) is 39.9. The molecule has 15 heteroatoms. The van der Waals surface area contributed by atoms with E-state index in [0.29, 0.717) is 11.2 Å². The number of aromatic amines is 1. The van der Waals surface area contributed by atoms with E-state index in [1.54, 1.807) is 25.2 Å². The molecule has 2 amide bonds. The van der Waals surface area contributed by atoms with E-state index in [2.05, 4.69) is 25.8 Å². The van der Waals surface area contributed by atoms with Crippen molar-refractivity contribution < 1.29 is 13.2 Å². The van der Waals surface area contributed by atoms with Crippen LogP contribution in [0.4, 0.5) is 16.3 Å². The summed E-state index contributed by atoms with van der Waals surface area (Å²) in [5.74, 6) is -0.202. The minimum Gasteiger partial charge on any atom is -0.388 e. The molecule has 0 fully saturated rings. The highest BCUT2D eigenvalue weighted by Gasteiger charge is 2.20. The molecule has 3 aromatic heterocycles. The van der Waals surface area contributed by atoms with Crippen molar-refractivity contribution in [3.05, 3.63) is 67.6 Å². The number of rotatable bonds is 5. The summed E-state index contributed by atoms with van der Waals surface area (Å²) in [5, 5.41) is 12.9. The van der Waals surface area contributed by atoms with E-state index in [9.17, 15) is 22.8 Å². The molecule has 12 nitrogen and oxygen atoms in total. The molecule has 0 bridgehead atoms. The third-order valence-corrected chi connectivity index (χ3v) is 7.40. The first-order valence-corrected chi connectivity index (χ1v) is 11.8. The molecule has 0 radical (unpaired) electrons. The van der Waals surface area contributed by atoms with Crippen molar-refractivity contribution in [2.45, 2.75) is 4.21 Å². The molecule has 3 heterocycles. The van der Waals surface area contributed by atoms with Gasteiger partial charge in [0.2, 0.25) is 0 Å². The van der Waals surface area contributed by atoms with Crippen LogP contribution in [0.5, 0.6) is 0 Å². The molecule has 4 aromatic rings. The van der Waals surface area contributed by atoms with Gasteiger partial charge in [0.15, 0.2) is 11.6 Å². The fraction of sp³-hybridized carbons (Fsp3) is 0.0556. The number of sulfonamides is 1. The van der Waals surface area contributed by atoms with E-state index in [0.717, 1.165) is 15.9 Å². The molecule has 0 aliphatic rings. The predicted octanol–water partition coefficient (Wildman–Crippen LogP) is 1.74. The molecular formula is C18H14ClN7O5S2. The van der Waals surface area contributed by atoms with Gasteiger partial charge in [0.25, 0.3) is 15.6 Å². The van der Waals surface area contributed by atoms with Gasteiger partial charge in [-0.1, -0.05) is 11.6 Å². The number of fused-ring (bicyclic) bond motifs is 1. The normalized spacial score (nSPS) is 11.3. The average molecular weight is 508 g/mol. The van der Waals surface area contributed by atoms with Crippen LogP contribution in [0.25, 0.3) is 16.7 Å². The lowest BCUT2D eigenvalue weighted by atomic mass is 10.2. The molecule has 0 unspecified atom stereocenters. The third-order valence-electron chi connectivity index (χ3n) is 4.35. The SMILES string of the molecule is CNc1ccc2c(=O)n(-c3ccc(NC(=O)NS(=O)(=O)c4ccc(Cl)s4)nn3)c(=O)[nH]c2c1. The fourth-order valence-corrected chi connectivity index (χ4v) is 5.24. The second-order valence-electron chi connectivity index (χ2n) is 6.48. The monoisotopic (exact) mass is 507 g/mol. The van der Waals surface area contributed by atoms with Crippen LogP contribution in [0.3, 0.4) is 0 Å². The van der Waals surface area contributed by atoms with Gasteiger partial charge in [-0.15, -0.1) is 21.5 Å². The maximum atomic E-state index is 12.8. The number of nitrogens with one attached hydrogen (secondary N) is 4. The molecular weight excluding hydrogens is 494 g/mol. The topological polar surface area (TPSA) is 168 Å². The van der Waals surface area contributed by atoms with Crippen LogP contribution in [0, 0.1) is 0 Å². The van der Waals surface area contributed by atoms with E-state index in [-0.39, 0.29) is 25.6 Å². The quantitative estimate of drug-likeness (QED) is 0.316. The van der Waals surface area contributed by atoms with Crippen LogP contribution in [0.1, 0.15) is 0 Å². The van der Waals surface area contributed by atoms with Crippen molar-refractivity contribution in [3.8, 4) is 5.82 Å². The van der Waals surface area contributed by atoms with Crippen molar-refractivity contribution in [1.82, 2.24) is 24.5 Å². The fourth-order valence-electron chi connectivity index (χ4n) is 2.85. The molecule has 0 spiro atoms. The first-order chi connectivity index (χ1) is 15.7. The second-order valence-corrected chi connectivity index (χ2v) is 10.1. The van der Waals surface area contributed by atoms with Crippen LogP contribution in [0.15, 0.2) is 56.3 Å². The van der Waals surface area contributed by atoms with Crippen LogP contribution >= 0.6 is 22.9 Å². The number of carbonyl (C=O) groups excluding carboxylic acids is 1. The van der Waals surface area contributed by atoms with Gasteiger partial charge in [0, 0.05) is 12.7 Å². The summed E-state index contributed by atoms with van der Waals surface area (Å²) in [5.41, 5.74) is -0.267. The lowest BCUT2D eigenvalue weighted by molar-refractivity contribution is 0.256. The standard InChI is InChI=1S/C18H14ClN7O5S2/c1-20-9-2-3-10-11(8-9)21-18(29)26(16(10)27)14-6-5-13(23-24-14)22-17(28)25-33(30,31)15-7-4-12(19)32-15/h2-8,20H,1H3,(H,21,29)(H2,22,23,25,28). The molecule has 0 atom stereocenters. The highest BCUT2D eigenvalue weighted by atomic mass is 35.5. The molecule has 170 valence electrons. The zero-order valence-electron chi connectivity index (χ0n) is 16.6. The Morgan fingerprint density at radius 2 is 1.91 bits per heavy atom. The number of aromatic nitrogens is 4. The Balaban J connectivity index is 1.56. The number of anilines is 2. The summed E-state index contributed by atoms with van der Waals surface area (Å²) < 4.78 is 27.1. The zero-order chi connectivity index (χ0) is 23.8. The predicted molar refractivity (Wildman–Crippen MR) is 124 cm³/mol. The molecule has 1 aromatic carbocycles. The van der Waals surface area contributed by atoms with Gasteiger partial charge in [-0.2, -0.15) is 0 Å². The number of urea groups is 1. The number of nitrogens with zero attached hydrogens (tertiary/aromatic N) is 3. The minimum absolute atomic E-state index is 0.0901. The Morgan fingerprint density at radius 3 is 2.55 bits per heavy atom. The molecule has 33 heavy (non-hydrogen) atoms. The van der Waals surface area contributed by atoms with E-state index < -0.39 is 27.3 Å². The first kappa shape index (κ1) is 22.4. The number of halogens is 1. The van der Waals surface area contributed by atoms with E-state index in [1.807, 2.05) is 4.72 Å². The van der Waals surface area contributed by atoms with Crippen molar-refractivity contribution in [1.29, 1.82) is 0 Å². The number of hydrogen-bond acceptors (Lipinski definition) is 9. The third kappa shape index (κ3) is 4.57. The summed E-state index contributed by atoms with van der Waals surface area (Å²) in [7, 11) is -2.41. The first-order valence-electron chi connectivity index (χ1n) is 9.08. The van der Waals surface area contributed by atoms with E-state index in [4.69, 9.17) is 11.6 Å². The minimum atomic E-state index is -4.12. The van der Waals surface area contributed by atoms with Crippen molar-refractivity contribution in [2.75, 3.05) is 17.7 Å². The van der Waals surface area contributed by atoms with Crippen LogP contribution in [-0.2, 0) is 10.0 Å². The Kier molecular flexibility index (Phi) is 5.88. The van der Waals surface area contributed by atoms with Crippen molar-refractivity contribution >= 4 is 61.4 Å². The average Bonchev–Trinajstić information content (AvgIpc) is 3.21. The Morgan fingerprint density at radius 1 is 1.12 bits per heavy atom. The second kappa shape index (κ2) is 8.65. The number of benzene rings is 1. The lowest BCUT2D eigenvalue weighted by Gasteiger charge is -2.08. The summed E-state index contributed by atoms with van der Waals surface area (Å²) in [6.45, 7) is 0. The van der Waals surface area contributed by atoms with Crippen LogP contribution < -0.4 is 26.6 Å². The highest BCUT2D eigenvalue weighted by Crippen LogP contribution is 2.25. The number of H-pyrrole nitrogens is 1. The summed E-state index contributed by atoms with van der Waals surface area (Å²) >= 11 is 6.51. The van der Waals surface area contributed by atoms with Gasteiger partial charge in [0.1, 0.15) is 4.21 Å². The lowest BCUT2D eigenvalue weighted by Crippen LogP contribution is -2.35. The Labute approximate surface area is 194 Å². The zero-order valence-corrected chi connectivity index (χ0v) is 19.0.